The normalized spacial score (nSPS) is 19.8. The van der Waals surface area contributed by atoms with E-state index in [1.54, 1.807) is 0 Å². The van der Waals surface area contributed by atoms with Crippen LogP contribution in [0.2, 0.25) is 0 Å². The van der Waals surface area contributed by atoms with Crippen LogP contribution in [0.25, 0.3) is 0 Å². The molecule has 0 saturated carbocycles. The Morgan fingerprint density at radius 2 is 1.72 bits per heavy atom. The SMILES string of the molecule is Cc1cc(N2CCCC2)ccc1CN1CCc2nc(N3CCCC3)[nH]c(=O)c2C1. The van der Waals surface area contributed by atoms with Crippen molar-refractivity contribution in [3.8, 4) is 0 Å². The van der Waals surface area contributed by atoms with E-state index in [-0.39, 0.29) is 5.56 Å². The molecule has 0 atom stereocenters. The highest BCUT2D eigenvalue weighted by Gasteiger charge is 2.24. The molecule has 3 aliphatic heterocycles. The van der Waals surface area contributed by atoms with Gasteiger partial charge in [-0.15, -0.1) is 0 Å². The van der Waals surface area contributed by atoms with E-state index in [0.717, 1.165) is 49.8 Å². The van der Waals surface area contributed by atoms with Crippen LogP contribution in [0, 0.1) is 6.92 Å². The Morgan fingerprint density at radius 1 is 1.00 bits per heavy atom. The van der Waals surface area contributed by atoms with E-state index in [4.69, 9.17) is 4.98 Å². The summed E-state index contributed by atoms with van der Waals surface area (Å²) in [5.74, 6) is 0.771. The Morgan fingerprint density at radius 3 is 2.45 bits per heavy atom. The maximum Gasteiger partial charge on any atom is 0.257 e. The average Bonchev–Trinajstić information content (AvgIpc) is 3.44. The molecule has 1 aromatic carbocycles. The fourth-order valence-corrected chi connectivity index (χ4v) is 4.95. The van der Waals surface area contributed by atoms with Gasteiger partial charge in [-0.25, -0.2) is 4.98 Å². The molecule has 3 aliphatic rings. The first-order chi connectivity index (χ1) is 14.2. The number of aryl methyl sites for hydroxylation is 1. The van der Waals surface area contributed by atoms with Gasteiger partial charge in [0, 0.05) is 57.9 Å². The first-order valence-corrected chi connectivity index (χ1v) is 11.1. The number of hydrogen-bond donors (Lipinski definition) is 1. The van der Waals surface area contributed by atoms with Crippen LogP contribution >= 0.6 is 0 Å². The first-order valence-electron chi connectivity index (χ1n) is 11.1. The molecule has 2 aromatic rings. The van der Waals surface area contributed by atoms with Crippen molar-refractivity contribution >= 4 is 11.6 Å². The summed E-state index contributed by atoms with van der Waals surface area (Å²) < 4.78 is 0. The van der Waals surface area contributed by atoms with Gasteiger partial charge < -0.3 is 9.80 Å². The van der Waals surface area contributed by atoms with E-state index < -0.39 is 0 Å². The van der Waals surface area contributed by atoms with Gasteiger partial charge >= 0.3 is 0 Å². The van der Waals surface area contributed by atoms with Crippen molar-refractivity contribution in [1.29, 1.82) is 0 Å². The van der Waals surface area contributed by atoms with Gasteiger partial charge in [-0.05, 0) is 55.9 Å². The van der Waals surface area contributed by atoms with Gasteiger partial charge in [0.1, 0.15) is 0 Å². The predicted octanol–water partition coefficient (Wildman–Crippen LogP) is 2.84. The summed E-state index contributed by atoms with van der Waals surface area (Å²) in [6.45, 7) is 9.10. The zero-order valence-electron chi connectivity index (χ0n) is 17.4. The van der Waals surface area contributed by atoms with Gasteiger partial charge in [0.15, 0.2) is 0 Å². The van der Waals surface area contributed by atoms with Crippen LogP contribution in [-0.4, -0.2) is 47.6 Å². The minimum absolute atomic E-state index is 0.0442. The lowest BCUT2D eigenvalue weighted by atomic mass is 10.0. The maximum absolute atomic E-state index is 12.7. The molecule has 0 aliphatic carbocycles. The number of anilines is 2. The number of nitrogens with zero attached hydrogens (tertiary/aromatic N) is 4. The van der Waals surface area contributed by atoms with Crippen LogP contribution in [0.4, 0.5) is 11.6 Å². The van der Waals surface area contributed by atoms with Crippen LogP contribution in [0.1, 0.15) is 48.1 Å². The van der Waals surface area contributed by atoms with Crippen molar-refractivity contribution in [3.05, 3.63) is 50.9 Å². The summed E-state index contributed by atoms with van der Waals surface area (Å²) in [5, 5.41) is 0. The Labute approximate surface area is 172 Å². The van der Waals surface area contributed by atoms with Gasteiger partial charge in [-0.3, -0.25) is 14.7 Å². The highest BCUT2D eigenvalue weighted by molar-refractivity contribution is 5.51. The summed E-state index contributed by atoms with van der Waals surface area (Å²) in [6, 6.07) is 6.87. The van der Waals surface area contributed by atoms with Crippen LogP contribution in [0.15, 0.2) is 23.0 Å². The predicted molar refractivity (Wildman–Crippen MR) is 117 cm³/mol. The molecule has 0 unspecified atom stereocenters. The minimum Gasteiger partial charge on any atom is -0.372 e. The molecule has 6 nitrogen and oxygen atoms in total. The van der Waals surface area contributed by atoms with Crippen molar-refractivity contribution in [2.45, 2.75) is 52.1 Å². The van der Waals surface area contributed by atoms with Crippen molar-refractivity contribution in [1.82, 2.24) is 14.9 Å². The highest BCUT2D eigenvalue weighted by Crippen LogP contribution is 2.25. The van der Waals surface area contributed by atoms with Crippen molar-refractivity contribution in [2.24, 2.45) is 0 Å². The van der Waals surface area contributed by atoms with Crippen molar-refractivity contribution in [2.75, 3.05) is 42.5 Å². The second-order valence-corrected chi connectivity index (χ2v) is 8.77. The topological polar surface area (TPSA) is 55.5 Å². The first kappa shape index (κ1) is 18.7. The molecule has 0 amide bonds. The van der Waals surface area contributed by atoms with Crippen LogP contribution in [0.5, 0.6) is 0 Å². The number of aromatic nitrogens is 2. The Hall–Kier alpha value is -2.34. The van der Waals surface area contributed by atoms with Gasteiger partial charge in [0.25, 0.3) is 5.56 Å². The third-order valence-corrected chi connectivity index (χ3v) is 6.73. The van der Waals surface area contributed by atoms with E-state index in [2.05, 4.69) is 44.8 Å². The molecule has 6 heteroatoms. The third-order valence-electron chi connectivity index (χ3n) is 6.73. The number of rotatable bonds is 4. The molecule has 2 fully saturated rings. The number of hydrogen-bond acceptors (Lipinski definition) is 5. The Kier molecular flexibility index (Phi) is 5.04. The van der Waals surface area contributed by atoms with Gasteiger partial charge in [0.2, 0.25) is 5.95 Å². The highest BCUT2D eigenvalue weighted by atomic mass is 16.1. The fourth-order valence-electron chi connectivity index (χ4n) is 4.95. The van der Waals surface area contributed by atoms with Crippen molar-refractivity contribution in [3.63, 3.8) is 0 Å². The fraction of sp³-hybridized carbons (Fsp3) is 0.565. The second-order valence-electron chi connectivity index (χ2n) is 8.77. The zero-order valence-corrected chi connectivity index (χ0v) is 17.4. The lowest BCUT2D eigenvalue weighted by Crippen LogP contribution is -2.36. The third kappa shape index (κ3) is 3.78. The molecule has 1 N–H and O–H groups in total. The molecule has 154 valence electrons. The number of benzene rings is 1. The Balaban J connectivity index is 1.30. The van der Waals surface area contributed by atoms with E-state index in [9.17, 15) is 4.79 Å². The smallest absolute Gasteiger partial charge is 0.257 e. The molecule has 0 bridgehead atoms. The van der Waals surface area contributed by atoms with Crippen molar-refractivity contribution < 1.29 is 0 Å². The van der Waals surface area contributed by atoms with E-state index >= 15 is 0 Å². The second kappa shape index (κ2) is 7.82. The number of H-pyrrole nitrogens is 1. The zero-order chi connectivity index (χ0) is 19.8. The molecule has 29 heavy (non-hydrogen) atoms. The monoisotopic (exact) mass is 393 g/mol. The Bertz CT molecular complexity index is 941. The van der Waals surface area contributed by atoms with Crippen LogP contribution < -0.4 is 15.4 Å². The molecular formula is C23H31N5O. The van der Waals surface area contributed by atoms with Gasteiger partial charge in [-0.2, -0.15) is 0 Å². The largest absolute Gasteiger partial charge is 0.372 e. The van der Waals surface area contributed by atoms with E-state index in [0.29, 0.717) is 6.54 Å². The van der Waals surface area contributed by atoms with E-state index in [1.807, 2.05) is 0 Å². The standard InChI is InChI=1S/C23H31N5O/c1-17-14-19(27-9-2-3-10-27)7-6-18(17)15-26-13-8-21-20(16-26)22(29)25-23(24-21)28-11-4-5-12-28/h6-7,14H,2-5,8-13,15-16H2,1H3,(H,24,25,29). The summed E-state index contributed by atoms with van der Waals surface area (Å²) in [7, 11) is 0. The molecule has 0 radical (unpaired) electrons. The molecule has 5 rings (SSSR count). The van der Waals surface area contributed by atoms with Crippen LogP contribution in [0.3, 0.4) is 0 Å². The molecule has 1 aromatic heterocycles. The summed E-state index contributed by atoms with van der Waals surface area (Å²) in [5.41, 5.74) is 5.94. The summed E-state index contributed by atoms with van der Waals surface area (Å²) in [4.78, 5) is 27.7. The summed E-state index contributed by atoms with van der Waals surface area (Å²) in [6.07, 6.45) is 5.83. The molecule has 0 spiro atoms. The minimum atomic E-state index is 0.0442. The quantitative estimate of drug-likeness (QED) is 0.866. The maximum atomic E-state index is 12.7. The molecule has 2 saturated heterocycles. The number of aromatic amines is 1. The molecule has 4 heterocycles. The number of fused-ring (bicyclic) bond motifs is 1. The van der Waals surface area contributed by atoms with E-state index in [1.165, 1.54) is 55.6 Å². The van der Waals surface area contributed by atoms with Crippen LogP contribution in [-0.2, 0) is 19.5 Å². The number of nitrogens with one attached hydrogen (secondary N) is 1. The average molecular weight is 394 g/mol. The lowest BCUT2D eigenvalue weighted by Gasteiger charge is -2.29. The molecular weight excluding hydrogens is 362 g/mol. The summed E-state index contributed by atoms with van der Waals surface area (Å²) >= 11 is 0. The van der Waals surface area contributed by atoms with Gasteiger partial charge in [-0.1, -0.05) is 6.07 Å². The van der Waals surface area contributed by atoms with Gasteiger partial charge in [0.05, 0.1) is 11.3 Å². The lowest BCUT2D eigenvalue weighted by molar-refractivity contribution is 0.241.